The van der Waals surface area contributed by atoms with E-state index in [0.717, 1.165) is 5.56 Å². The van der Waals surface area contributed by atoms with E-state index >= 15 is 0 Å². The molecule has 0 bridgehead atoms. The van der Waals surface area contributed by atoms with E-state index in [1.165, 1.54) is 0 Å². The van der Waals surface area contributed by atoms with E-state index < -0.39 is 15.3 Å². The largest absolute Gasteiger partial charge is 0.228 e. The van der Waals surface area contributed by atoms with Gasteiger partial charge in [0.2, 0.25) is 10.0 Å². The molecule has 4 nitrogen and oxygen atoms in total. The van der Waals surface area contributed by atoms with Crippen LogP contribution in [0.4, 0.5) is 0 Å². The zero-order valence-corrected chi connectivity index (χ0v) is 11.5. The zero-order chi connectivity index (χ0) is 12.9. The van der Waals surface area contributed by atoms with E-state index in [0.29, 0.717) is 12.8 Å². The van der Waals surface area contributed by atoms with Crippen molar-refractivity contribution in [2.45, 2.75) is 38.0 Å². The summed E-state index contributed by atoms with van der Waals surface area (Å²) >= 11 is 1.59. The molecule has 94 valence electrons. The molecule has 1 heterocycles. The number of hydrogen-bond acceptors (Lipinski definition) is 4. The molecule has 0 fully saturated rings. The van der Waals surface area contributed by atoms with Gasteiger partial charge in [-0.2, -0.15) is 16.6 Å². The summed E-state index contributed by atoms with van der Waals surface area (Å²) in [5, 5.41) is 11.7. The van der Waals surface area contributed by atoms with Crippen molar-refractivity contribution in [2.24, 2.45) is 0 Å². The Morgan fingerprint density at radius 2 is 2.29 bits per heavy atom. The van der Waals surface area contributed by atoms with Crippen LogP contribution in [-0.4, -0.2) is 19.7 Å². The highest BCUT2D eigenvalue weighted by Gasteiger charge is 2.24. The van der Waals surface area contributed by atoms with E-state index in [-0.39, 0.29) is 6.04 Å². The average Bonchev–Trinajstić information content (AvgIpc) is 2.70. The van der Waals surface area contributed by atoms with E-state index in [1.807, 2.05) is 22.9 Å². The van der Waals surface area contributed by atoms with Crippen LogP contribution < -0.4 is 4.72 Å². The Kier molecular flexibility index (Phi) is 5.12. The predicted molar refractivity (Wildman–Crippen MR) is 69.2 cm³/mol. The van der Waals surface area contributed by atoms with E-state index in [4.69, 9.17) is 5.26 Å². The van der Waals surface area contributed by atoms with Gasteiger partial charge < -0.3 is 0 Å². The van der Waals surface area contributed by atoms with Crippen LogP contribution in [0.3, 0.4) is 0 Å². The third-order valence-corrected chi connectivity index (χ3v) is 5.03. The SMILES string of the molecule is CCC(C#N)S(=O)(=O)NC(C)Cc1ccsc1. The molecule has 2 unspecified atom stereocenters. The lowest BCUT2D eigenvalue weighted by atomic mass is 10.1. The fraction of sp³-hybridized carbons (Fsp3) is 0.545. The predicted octanol–water partition coefficient (Wildman–Crippen LogP) is 1.90. The van der Waals surface area contributed by atoms with Gasteiger partial charge in [0.15, 0.2) is 5.25 Å². The molecule has 0 spiro atoms. The number of nitrogens with zero attached hydrogens (tertiary/aromatic N) is 1. The van der Waals surface area contributed by atoms with Crippen LogP contribution in [-0.2, 0) is 16.4 Å². The van der Waals surface area contributed by atoms with Crippen LogP contribution >= 0.6 is 11.3 Å². The molecule has 17 heavy (non-hydrogen) atoms. The molecule has 1 rings (SSSR count). The maximum absolute atomic E-state index is 11.8. The highest BCUT2D eigenvalue weighted by atomic mass is 32.2. The van der Waals surface area contributed by atoms with Crippen LogP contribution in [0.1, 0.15) is 25.8 Å². The van der Waals surface area contributed by atoms with E-state index in [2.05, 4.69) is 4.72 Å². The second-order valence-corrected chi connectivity index (χ2v) is 6.60. The minimum Gasteiger partial charge on any atom is -0.211 e. The minimum absolute atomic E-state index is 0.197. The summed E-state index contributed by atoms with van der Waals surface area (Å²) in [5.41, 5.74) is 1.11. The molecule has 0 aromatic carbocycles. The normalized spacial score (nSPS) is 15.1. The van der Waals surface area contributed by atoms with Gasteiger partial charge in [0.05, 0.1) is 6.07 Å². The summed E-state index contributed by atoms with van der Waals surface area (Å²) in [6.07, 6.45) is 0.946. The topological polar surface area (TPSA) is 70.0 Å². The Labute approximate surface area is 106 Å². The molecule has 1 aromatic rings. The van der Waals surface area contributed by atoms with Crippen LogP contribution in [0.15, 0.2) is 16.8 Å². The Bertz CT molecular complexity index is 474. The number of sulfonamides is 1. The van der Waals surface area contributed by atoms with Crippen molar-refractivity contribution < 1.29 is 8.42 Å². The lowest BCUT2D eigenvalue weighted by Crippen LogP contribution is -2.39. The van der Waals surface area contributed by atoms with E-state index in [1.54, 1.807) is 25.2 Å². The quantitative estimate of drug-likeness (QED) is 0.860. The van der Waals surface area contributed by atoms with Gasteiger partial charge in [0, 0.05) is 6.04 Å². The van der Waals surface area contributed by atoms with Gasteiger partial charge in [-0.15, -0.1) is 0 Å². The summed E-state index contributed by atoms with van der Waals surface area (Å²) in [4.78, 5) is 0. The second kappa shape index (κ2) is 6.15. The maximum atomic E-state index is 11.8. The molecule has 1 N–H and O–H groups in total. The van der Waals surface area contributed by atoms with Gasteiger partial charge in [-0.05, 0) is 42.2 Å². The first-order valence-corrected chi connectivity index (χ1v) is 7.90. The van der Waals surface area contributed by atoms with Crippen molar-refractivity contribution in [1.82, 2.24) is 4.72 Å². The third kappa shape index (κ3) is 4.11. The van der Waals surface area contributed by atoms with Crippen molar-refractivity contribution in [2.75, 3.05) is 0 Å². The Morgan fingerprint density at radius 1 is 1.59 bits per heavy atom. The fourth-order valence-electron chi connectivity index (χ4n) is 1.55. The van der Waals surface area contributed by atoms with Gasteiger partial charge in [-0.25, -0.2) is 13.1 Å². The Morgan fingerprint density at radius 3 is 2.76 bits per heavy atom. The summed E-state index contributed by atoms with van der Waals surface area (Å²) < 4.78 is 26.2. The van der Waals surface area contributed by atoms with Gasteiger partial charge in [-0.1, -0.05) is 6.92 Å². The van der Waals surface area contributed by atoms with Crippen molar-refractivity contribution >= 4 is 21.4 Å². The second-order valence-electron chi connectivity index (χ2n) is 3.93. The number of thiophene rings is 1. The monoisotopic (exact) mass is 272 g/mol. The average molecular weight is 272 g/mol. The van der Waals surface area contributed by atoms with Gasteiger partial charge >= 0.3 is 0 Å². The molecule has 1 aromatic heterocycles. The first kappa shape index (κ1) is 14.2. The van der Waals surface area contributed by atoms with Crippen molar-refractivity contribution in [3.05, 3.63) is 22.4 Å². The molecule has 0 saturated carbocycles. The van der Waals surface area contributed by atoms with Gasteiger partial charge in [0.25, 0.3) is 0 Å². The third-order valence-electron chi connectivity index (χ3n) is 2.38. The minimum atomic E-state index is -3.53. The van der Waals surface area contributed by atoms with E-state index in [9.17, 15) is 8.42 Å². The molecule has 0 aliphatic rings. The fourth-order valence-corrected chi connectivity index (χ4v) is 3.61. The smallest absolute Gasteiger partial charge is 0.211 e. The molecular weight excluding hydrogens is 256 g/mol. The number of rotatable bonds is 6. The van der Waals surface area contributed by atoms with Crippen LogP contribution in [0.25, 0.3) is 0 Å². The first-order chi connectivity index (χ1) is 7.99. The first-order valence-electron chi connectivity index (χ1n) is 5.41. The molecule has 0 amide bonds. The molecular formula is C11H16N2O2S2. The number of nitriles is 1. The highest BCUT2D eigenvalue weighted by Crippen LogP contribution is 2.10. The van der Waals surface area contributed by atoms with Gasteiger partial charge in [0.1, 0.15) is 0 Å². The standard InChI is InChI=1S/C11H16N2O2S2/c1-3-11(7-12)17(14,15)13-9(2)6-10-4-5-16-8-10/h4-5,8-9,11,13H,3,6H2,1-2H3. The van der Waals surface area contributed by atoms with Crippen molar-refractivity contribution in [3.8, 4) is 6.07 Å². The molecule has 0 aliphatic heterocycles. The molecule has 0 saturated heterocycles. The summed E-state index contributed by atoms with van der Waals surface area (Å²) in [6.45, 7) is 3.50. The Hall–Kier alpha value is -0.900. The van der Waals surface area contributed by atoms with Crippen LogP contribution in [0.5, 0.6) is 0 Å². The molecule has 0 aliphatic carbocycles. The summed E-state index contributed by atoms with van der Waals surface area (Å²) in [7, 11) is -3.53. The lowest BCUT2D eigenvalue weighted by Gasteiger charge is -2.15. The van der Waals surface area contributed by atoms with Crippen LogP contribution in [0.2, 0.25) is 0 Å². The van der Waals surface area contributed by atoms with Gasteiger partial charge in [-0.3, -0.25) is 0 Å². The highest BCUT2D eigenvalue weighted by molar-refractivity contribution is 7.90. The molecule has 2 atom stereocenters. The summed E-state index contributed by atoms with van der Waals surface area (Å²) in [6, 6.07) is 3.58. The van der Waals surface area contributed by atoms with Crippen LogP contribution in [0, 0.1) is 11.3 Å². The number of hydrogen-bond donors (Lipinski definition) is 1. The molecule has 6 heteroatoms. The van der Waals surface area contributed by atoms with Crippen molar-refractivity contribution in [1.29, 1.82) is 5.26 Å². The maximum Gasteiger partial charge on any atom is 0.228 e. The Balaban J connectivity index is 2.62. The summed E-state index contributed by atoms with van der Waals surface area (Å²) in [5.74, 6) is 0. The van der Waals surface area contributed by atoms with Crippen molar-refractivity contribution in [3.63, 3.8) is 0 Å². The lowest BCUT2D eigenvalue weighted by molar-refractivity contribution is 0.552. The number of nitrogens with one attached hydrogen (secondary N) is 1. The molecule has 0 radical (unpaired) electrons. The zero-order valence-electron chi connectivity index (χ0n) is 9.88.